The number of carbonyl (C=O) groups excluding carboxylic acids is 2. The Morgan fingerprint density at radius 2 is 1.90 bits per heavy atom. The first-order chi connectivity index (χ1) is 13.8. The van der Waals surface area contributed by atoms with Gasteiger partial charge in [0.05, 0.1) is 23.8 Å². The van der Waals surface area contributed by atoms with E-state index in [1.54, 1.807) is 38.1 Å². The van der Waals surface area contributed by atoms with Crippen LogP contribution in [-0.2, 0) is 4.79 Å². The molecule has 0 spiro atoms. The van der Waals surface area contributed by atoms with Crippen LogP contribution in [0.4, 0.5) is 0 Å². The molecule has 1 aromatic carbocycles. The lowest BCUT2D eigenvalue weighted by molar-refractivity contribution is -0.117. The molecule has 0 saturated heterocycles. The Bertz CT molecular complexity index is 905. The lowest BCUT2D eigenvalue weighted by atomic mass is 10.2. The summed E-state index contributed by atoms with van der Waals surface area (Å²) >= 11 is 6.30. The molecule has 1 aromatic heterocycles. The fourth-order valence-corrected chi connectivity index (χ4v) is 2.82. The second-order valence-corrected chi connectivity index (χ2v) is 6.62. The molecule has 0 radical (unpaired) electrons. The van der Waals surface area contributed by atoms with Crippen LogP contribution in [0.5, 0.6) is 11.5 Å². The minimum Gasteiger partial charge on any atom is -0.490 e. The highest BCUT2D eigenvalue weighted by Gasteiger charge is 2.14. The van der Waals surface area contributed by atoms with E-state index in [1.807, 2.05) is 13.8 Å². The number of ether oxygens (including phenoxy) is 2. The number of furan rings is 1. The van der Waals surface area contributed by atoms with Crippen LogP contribution in [0.15, 0.2) is 28.7 Å². The predicted molar refractivity (Wildman–Crippen MR) is 111 cm³/mol. The first-order valence-corrected chi connectivity index (χ1v) is 9.68. The van der Waals surface area contributed by atoms with Crippen molar-refractivity contribution < 1.29 is 23.5 Å². The first kappa shape index (κ1) is 22.4. The van der Waals surface area contributed by atoms with Crippen LogP contribution >= 0.6 is 11.6 Å². The van der Waals surface area contributed by atoms with Gasteiger partial charge >= 0.3 is 0 Å². The van der Waals surface area contributed by atoms with E-state index >= 15 is 0 Å². The monoisotopic (exact) mass is 420 g/mol. The van der Waals surface area contributed by atoms with Gasteiger partial charge in [0.2, 0.25) is 0 Å². The van der Waals surface area contributed by atoms with Crippen molar-refractivity contribution in [2.45, 2.75) is 34.1 Å². The second kappa shape index (κ2) is 10.6. The Labute approximate surface area is 175 Å². The minimum absolute atomic E-state index is 0.364. The number of aryl methyl sites for hydroxylation is 2. The van der Waals surface area contributed by atoms with E-state index in [9.17, 15) is 9.59 Å². The molecule has 0 saturated carbocycles. The van der Waals surface area contributed by atoms with E-state index in [0.29, 0.717) is 52.4 Å². The zero-order valence-corrected chi connectivity index (χ0v) is 17.7. The van der Waals surface area contributed by atoms with Crippen molar-refractivity contribution in [2.24, 2.45) is 0 Å². The lowest BCUT2D eigenvalue weighted by Gasteiger charge is -2.14. The van der Waals surface area contributed by atoms with Gasteiger partial charge in [-0.25, -0.2) is 0 Å². The average Bonchev–Trinajstić information content (AvgIpc) is 3.02. The van der Waals surface area contributed by atoms with Gasteiger partial charge in [-0.2, -0.15) is 0 Å². The molecular weight excluding hydrogens is 396 g/mol. The summed E-state index contributed by atoms with van der Waals surface area (Å²) in [6.07, 6.45) is 3.68. The normalized spacial score (nSPS) is 10.8. The smallest absolute Gasteiger partial charge is 0.273 e. The SMILES string of the molecule is CCCOc1c(Cl)cc(/C=C/C(=O)NNC(=O)c2cc(C)oc2C)cc1OCC. The Morgan fingerprint density at radius 1 is 1.14 bits per heavy atom. The molecule has 8 heteroatoms. The third-order valence-electron chi connectivity index (χ3n) is 3.79. The van der Waals surface area contributed by atoms with E-state index < -0.39 is 11.8 Å². The molecule has 0 aliphatic rings. The van der Waals surface area contributed by atoms with E-state index in [4.69, 9.17) is 25.5 Å². The highest BCUT2D eigenvalue weighted by Crippen LogP contribution is 2.37. The Kier molecular flexibility index (Phi) is 8.15. The number of nitrogens with one attached hydrogen (secondary N) is 2. The van der Waals surface area contributed by atoms with Gasteiger partial charge in [-0.3, -0.25) is 20.4 Å². The summed E-state index contributed by atoms with van der Waals surface area (Å²) in [4.78, 5) is 24.1. The molecule has 2 amide bonds. The van der Waals surface area contributed by atoms with Crippen LogP contribution in [0.25, 0.3) is 6.08 Å². The summed E-state index contributed by atoms with van der Waals surface area (Å²) in [6, 6.07) is 5.02. The maximum Gasteiger partial charge on any atom is 0.273 e. The van der Waals surface area contributed by atoms with Gasteiger partial charge < -0.3 is 13.9 Å². The van der Waals surface area contributed by atoms with Crippen LogP contribution in [-0.4, -0.2) is 25.0 Å². The zero-order valence-electron chi connectivity index (χ0n) is 16.9. The molecule has 29 heavy (non-hydrogen) atoms. The molecule has 2 aromatic rings. The molecule has 156 valence electrons. The zero-order chi connectivity index (χ0) is 21.4. The molecule has 0 fully saturated rings. The van der Waals surface area contributed by atoms with Gasteiger partial charge in [-0.05, 0) is 57.0 Å². The number of hydrazine groups is 1. The van der Waals surface area contributed by atoms with Crippen molar-refractivity contribution in [1.82, 2.24) is 10.9 Å². The maximum atomic E-state index is 12.1. The number of rotatable bonds is 8. The van der Waals surface area contributed by atoms with Gasteiger partial charge in [0.1, 0.15) is 11.5 Å². The van der Waals surface area contributed by atoms with Crippen LogP contribution in [0.3, 0.4) is 0 Å². The summed E-state index contributed by atoms with van der Waals surface area (Å²) in [5.41, 5.74) is 5.69. The predicted octanol–water partition coefficient (Wildman–Crippen LogP) is 4.21. The number of amides is 2. The summed E-state index contributed by atoms with van der Waals surface area (Å²) in [7, 11) is 0. The van der Waals surface area contributed by atoms with E-state index in [1.165, 1.54) is 6.08 Å². The van der Waals surface area contributed by atoms with E-state index in [-0.39, 0.29) is 0 Å². The second-order valence-electron chi connectivity index (χ2n) is 6.22. The number of hydrogen-bond acceptors (Lipinski definition) is 5. The third-order valence-corrected chi connectivity index (χ3v) is 4.07. The van der Waals surface area contributed by atoms with Crippen molar-refractivity contribution in [3.05, 3.63) is 51.9 Å². The van der Waals surface area contributed by atoms with Crippen LogP contribution in [0, 0.1) is 13.8 Å². The topological polar surface area (TPSA) is 89.8 Å². The van der Waals surface area contributed by atoms with E-state index in [2.05, 4.69) is 10.9 Å². The third kappa shape index (κ3) is 6.29. The summed E-state index contributed by atoms with van der Waals surface area (Å²) in [5.74, 6) is 1.12. The molecule has 0 atom stereocenters. The molecule has 2 N–H and O–H groups in total. The molecule has 0 aliphatic heterocycles. The Hall–Kier alpha value is -2.93. The standard InChI is InChI=1S/C21H25ClN2O5/c1-5-9-28-20-17(22)11-15(12-18(20)27-6-2)7-8-19(25)23-24-21(26)16-10-13(3)29-14(16)4/h7-8,10-12H,5-6,9H2,1-4H3,(H,23,25)(H,24,26)/b8-7+. The van der Waals surface area contributed by atoms with Crippen LogP contribution in [0.2, 0.25) is 5.02 Å². The Balaban J connectivity index is 2.03. The van der Waals surface area contributed by atoms with Crippen molar-refractivity contribution in [1.29, 1.82) is 0 Å². The molecule has 7 nitrogen and oxygen atoms in total. The fraction of sp³-hybridized carbons (Fsp3) is 0.333. The number of benzene rings is 1. The molecule has 0 unspecified atom stereocenters. The van der Waals surface area contributed by atoms with Gasteiger partial charge in [0.15, 0.2) is 11.5 Å². The van der Waals surface area contributed by atoms with Crippen molar-refractivity contribution >= 4 is 29.5 Å². The highest BCUT2D eigenvalue weighted by atomic mass is 35.5. The first-order valence-electron chi connectivity index (χ1n) is 9.30. The average molecular weight is 421 g/mol. The van der Waals surface area contributed by atoms with E-state index in [0.717, 1.165) is 6.42 Å². The fourth-order valence-electron chi connectivity index (χ4n) is 2.55. The Morgan fingerprint density at radius 3 is 2.52 bits per heavy atom. The summed E-state index contributed by atoms with van der Waals surface area (Å²) in [6.45, 7) is 8.25. The summed E-state index contributed by atoms with van der Waals surface area (Å²) < 4.78 is 16.5. The van der Waals surface area contributed by atoms with Crippen LogP contribution in [0.1, 0.15) is 47.7 Å². The number of carbonyl (C=O) groups is 2. The lowest BCUT2D eigenvalue weighted by Crippen LogP contribution is -2.40. The number of hydrogen-bond donors (Lipinski definition) is 2. The summed E-state index contributed by atoms with van der Waals surface area (Å²) in [5, 5.41) is 0.392. The highest BCUT2D eigenvalue weighted by molar-refractivity contribution is 6.32. The van der Waals surface area contributed by atoms with Gasteiger partial charge in [0.25, 0.3) is 11.8 Å². The van der Waals surface area contributed by atoms with Gasteiger partial charge in [0, 0.05) is 6.08 Å². The molecule has 2 rings (SSSR count). The van der Waals surface area contributed by atoms with Crippen molar-refractivity contribution in [3.8, 4) is 11.5 Å². The number of halogens is 1. The quantitative estimate of drug-likeness (QED) is 0.493. The largest absolute Gasteiger partial charge is 0.490 e. The van der Waals surface area contributed by atoms with Crippen molar-refractivity contribution in [3.63, 3.8) is 0 Å². The van der Waals surface area contributed by atoms with Crippen molar-refractivity contribution in [2.75, 3.05) is 13.2 Å². The molecule has 1 heterocycles. The maximum absolute atomic E-state index is 12.1. The molecule has 0 bridgehead atoms. The minimum atomic E-state index is -0.503. The molecular formula is C21H25ClN2O5. The van der Waals surface area contributed by atoms with Gasteiger partial charge in [-0.1, -0.05) is 18.5 Å². The van der Waals surface area contributed by atoms with Crippen LogP contribution < -0.4 is 20.3 Å². The van der Waals surface area contributed by atoms with Gasteiger partial charge in [-0.15, -0.1) is 0 Å². The molecule has 0 aliphatic carbocycles.